The molecule has 0 saturated heterocycles. The van der Waals surface area contributed by atoms with Crippen LogP contribution >= 0.6 is 0 Å². The van der Waals surface area contributed by atoms with Crippen molar-refractivity contribution in [2.75, 3.05) is 6.54 Å². The lowest BCUT2D eigenvalue weighted by molar-refractivity contribution is 0.485. The van der Waals surface area contributed by atoms with Crippen LogP contribution < -0.4 is 5.32 Å². The molecule has 0 radical (unpaired) electrons. The Morgan fingerprint density at radius 2 is 2.23 bits per heavy atom. The number of rotatable bonds is 6. The number of nitrogens with zero attached hydrogens (tertiary/aromatic N) is 1. The van der Waals surface area contributed by atoms with Crippen molar-refractivity contribution in [3.8, 4) is 0 Å². The molecule has 0 atom stereocenters. The summed E-state index contributed by atoms with van der Waals surface area (Å²) in [6.45, 7) is 5.45. The number of aromatic amines is 1. The fraction of sp³-hybridized carbons (Fsp3) is 0.700. The summed E-state index contributed by atoms with van der Waals surface area (Å²) in [5, 5.41) is 3.50. The Bertz CT molecular complexity index is 202. The number of hydrogen-bond acceptors (Lipinski definition) is 2. The molecular weight excluding hydrogens is 162 g/mol. The SMILES string of the molecule is CCC(CC)NCCc1ncc[nH]1. The van der Waals surface area contributed by atoms with Gasteiger partial charge in [0.2, 0.25) is 0 Å². The van der Waals surface area contributed by atoms with E-state index in [4.69, 9.17) is 0 Å². The van der Waals surface area contributed by atoms with Crippen LogP contribution in [0.2, 0.25) is 0 Å². The highest BCUT2D eigenvalue weighted by Gasteiger charge is 2.01. The standard InChI is InChI=1S/C10H19N3/c1-3-9(4-2)11-6-5-10-12-7-8-13-10/h7-9,11H,3-6H2,1-2H3,(H,12,13). The van der Waals surface area contributed by atoms with Gasteiger partial charge in [0, 0.05) is 31.4 Å². The van der Waals surface area contributed by atoms with Gasteiger partial charge in [0.25, 0.3) is 0 Å². The van der Waals surface area contributed by atoms with E-state index in [2.05, 4.69) is 29.1 Å². The van der Waals surface area contributed by atoms with E-state index in [1.807, 2.05) is 6.20 Å². The first-order chi connectivity index (χ1) is 6.36. The minimum atomic E-state index is 0.662. The van der Waals surface area contributed by atoms with Crippen molar-refractivity contribution >= 4 is 0 Å². The van der Waals surface area contributed by atoms with Crippen LogP contribution in [0, 0.1) is 0 Å². The van der Waals surface area contributed by atoms with Gasteiger partial charge in [0.05, 0.1) is 0 Å². The third kappa shape index (κ3) is 3.59. The summed E-state index contributed by atoms with van der Waals surface area (Å²) in [6, 6.07) is 0.662. The van der Waals surface area contributed by atoms with Gasteiger partial charge in [-0.15, -0.1) is 0 Å². The van der Waals surface area contributed by atoms with Gasteiger partial charge in [0.15, 0.2) is 0 Å². The second kappa shape index (κ2) is 5.75. The van der Waals surface area contributed by atoms with Crippen molar-refractivity contribution < 1.29 is 0 Å². The lowest BCUT2D eigenvalue weighted by atomic mass is 10.2. The number of nitrogens with one attached hydrogen (secondary N) is 2. The van der Waals surface area contributed by atoms with Crippen molar-refractivity contribution in [3.05, 3.63) is 18.2 Å². The number of hydrogen-bond donors (Lipinski definition) is 2. The minimum absolute atomic E-state index is 0.662. The quantitative estimate of drug-likeness (QED) is 0.701. The van der Waals surface area contributed by atoms with Crippen molar-refractivity contribution in [1.29, 1.82) is 0 Å². The molecule has 1 aromatic rings. The largest absolute Gasteiger partial charge is 0.349 e. The van der Waals surface area contributed by atoms with E-state index < -0.39 is 0 Å². The first-order valence-corrected chi connectivity index (χ1v) is 5.08. The van der Waals surface area contributed by atoms with Gasteiger partial charge >= 0.3 is 0 Å². The first-order valence-electron chi connectivity index (χ1n) is 5.08. The molecule has 0 saturated carbocycles. The average molecular weight is 181 g/mol. The second-order valence-electron chi connectivity index (χ2n) is 3.25. The first kappa shape index (κ1) is 10.3. The van der Waals surface area contributed by atoms with Crippen LogP contribution in [-0.2, 0) is 6.42 Å². The Labute approximate surface area is 80.0 Å². The Hall–Kier alpha value is -0.830. The maximum Gasteiger partial charge on any atom is 0.107 e. The summed E-state index contributed by atoms with van der Waals surface area (Å²) < 4.78 is 0. The van der Waals surface area contributed by atoms with E-state index in [-0.39, 0.29) is 0 Å². The predicted octanol–water partition coefficient (Wildman–Crippen LogP) is 1.73. The molecule has 0 aliphatic heterocycles. The molecule has 0 aromatic carbocycles. The number of imidazole rings is 1. The molecule has 0 unspecified atom stereocenters. The van der Waals surface area contributed by atoms with Crippen molar-refractivity contribution in [3.63, 3.8) is 0 Å². The highest BCUT2D eigenvalue weighted by atomic mass is 14.9. The van der Waals surface area contributed by atoms with E-state index in [1.165, 1.54) is 12.8 Å². The zero-order valence-electron chi connectivity index (χ0n) is 8.51. The zero-order valence-corrected chi connectivity index (χ0v) is 8.51. The van der Waals surface area contributed by atoms with E-state index in [0.717, 1.165) is 18.8 Å². The van der Waals surface area contributed by atoms with Crippen LogP contribution in [-0.4, -0.2) is 22.6 Å². The van der Waals surface area contributed by atoms with E-state index in [0.29, 0.717) is 6.04 Å². The Morgan fingerprint density at radius 1 is 1.46 bits per heavy atom. The van der Waals surface area contributed by atoms with Crippen molar-refractivity contribution in [1.82, 2.24) is 15.3 Å². The molecule has 3 heteroatoms. The molecular formula is C10H19N3. The smallest absolute Gasteiger partial charge is 0.107 e. The summed E-state index contributed by atoms with van der Waals surface area (Å²) in [5.41, 5.74) is 0. The van der Waals surface area contributed by atoms with E-state index in [9.17, 15) is 0 Å². The van der Waals surface area contributed by atoms with Gasteiger partial charge < -0.3 is 10.3 Å². The molecule has 0 aliphatic carbocycles. The number of H-pyrrole nitrogens is 1. The molecule has 13 heavy (non-hydrogen) atoms. The van der Waals surface area contributed by atoms with Crippen molar-refractivity contribution in [2.24, 2.45) is 0 Å². The summed E-state index contributed by atoms with van der Waals surface area (Å²) in [4.78, 5) is 7.26. The van der Waals surface area contributed by atoms with Crippen LogP contribution in [0.15, 0.2) is 12.4 Å². The average Bonchev–Trinajstić information content (AvgIpc) is 2.65. The molecule has 74 valence electrons. The zero-order chi connectivity index (χ0) is 9.52. The summed E-state index contributed by atoms with van der Waals surface area (Å²) in [6.07, 6.45) is 7.06. The van der Waals surface area contributed by atoms with Gasteiger partial charge in [0.1, 0.15) is 5.82 Å². The van der Waals surface area contributed by atoms with Crippen LogP contribution in [0.1, 0.15) is 32.5 Å². The molecule has 0 fully saturated rings. The van der Waals surface area contributed by atoms with Gasteiger partial charge in [-0.1, -0.05) is 13.8 Å². The molecule has 3 nitrogen and oxygen atoms in total. The third-order valence-corrected chi connectivity index (χ3v) is 2.34. The molecule has 0 spiro atoms. The van der Waals surface area contributed by atoms with E-state index in [1.54, 1.807) is 6.20 Å². The lowest BCUT2D eigenvalue weighted by Crippen LogP contribution is -2.29. The third-order valence-electron chi connectivity index (χ3n) is 2.34. The molecule has 0 bridgehead atoms. The predicted molar refractivity (Wildman–Crippen MR) is 54.7 cm³/mol. The molecule has 1 aromatic heterocycles. The molecule has 1 heterocycles. The van der Waals surface area contributed by atoms with Crippen LogP contribution in [0.4, 0.5) is 0 Å². The highest BCUT2D eigenvalue weighted by molar-refractivity contribution is 4.87. The summed E-state index contributed by atoms with van der Waals surface area (Å²) >= 11 is 0. The van der Waals surface area contributed by atoms with E-state index >= 15 is 0 Å². The molecule has 1 rings (SSSR count). The maximum absolute atomic E-state index is 4.17. The van der Waals surface area contributed by atoms with Crippen LogP contribution in [0.3, 0.4) is 0 Å². The number of aromatic nitrogens is 2. The maximum atomic E-state index is 4.17. The normalized spacial score (nSPS) is 11.0. The summed E-state index contributed by atoms with van der Waals surface area (Å²) in [7, 11) is 0. The molecule has 2 N–H and O–H groups in total. The highest BCUT2D eigenvalue weighted by Crippen LogP contribution is 1.96. The molecule has 0 aliphatic rings. The summed E-state index contributed by atoms with van der Waals surface area (Å²) in [5.74, 6) is 1.07. The Morgan fingerprint density at radius 3 is 2.77 bits per heavy atom. The van der Waals surface area contributed by atoms with Gasteiger partial charge in [-0.25, -0.2) is 4.98 Å². The second-order valence-corrected chi connectivity index (χ2v) is 3.25. The fourth-order valence-corrected chi connectivity index (χ4v) is 1.41. The Kier molecular flexibility index (Phi) is 4.54. The van der Waals surface area contributed by atoms with Crippen LogP contribution in [0.5, 0.6) is 0 Å². The fourth-order valence-electron chi connectivity index (χ4n) is 1.41. The van der Waals surface area contributed by atoms with Gasteiger partial charge in [-0.05, 0) is 12.8 Å². The van der Waals surface area contributed by atoms with Gasteiger partial charge in [-0.2, -0.15) is 0 Å². The van der Waals surface area contributed by atoms with Crippen molar-refractivity contribution in [2.45, 2.75) is 39.2 Å². The monoisotopic (exact) mass is 181 g/mol. The Balaban J connectivity index is 2.13. The minimum Gasteiger partial charge on any atom is -0.349 e. The topological polar surface area (TPSA) is 40.7 Å². The van der Waals surface area contributed by atoms with Gasteiger partial charge in [-0.3, -0.25) is 0 Å². The van der Waals surface area contributed by atoms with Crippen LogP contribution in [0.25, 0.3) is 0 Å². The molecule has 0 amide bonds. The lowest BCUT2D eigenvalue weighted by Gasteiger charge is -2.13.